The lowest BCUT2D eigenvalue weighted by molar-refractivity contribution is 0.0117. The highest BCUT2D eigenvalue weighted by atomic mass is 79.9. The molecule has 108 valence electrons. The molecule has 0 fully saturated rings. The number of halogens is 2. The van der Waals surface area contributed by atoms with Crippen molar-refractivity contribution in [3.63, 3.8) is 0 Å². The van der Waals surface area contributed by atoms with E-state index in [1.807, 2.05) is 0 Å². The van der Waals surface area contributed by atoms with Crippen molar-refractivity contribution < 1.29 is 4.74 Å². The van der Waals surface area contributed by atoms with Crippen molar-refractivity contribution in [2.75, 3.05) is 13.7 Å². The molecule has 0 spiro atoms. The Labute approximate surface area is 133 Å². The van der Waals surface area contributed by atoms with Crippen LogP contribution < -0.4 is 5.32 Å². The van der Waals surface area contributed by atoms with Gasteiger partial charge in [-0.25, -0.2) is 0 Å². The summed E-state index contributed by atoms with van der Waals surface area (Å²) < 4.78 is 7.71. The minimum atomic E-state index is -0.0725. The van der Waals surface area contributed by atoms with E-state index >= 15 is 0 Å². The van der Waals surface area contributed by atoms with Crippen molar-refractivity contribution in [1.29, 1.82) is 0 Å². The normalized spacial score (nSPS) is 13.6. The standard InChI is InChI=1S/C15H23Br2NO/c1-5-18-14(6-7-15(2,3)19-4)11-8-12(16)10-13(17)9-11/h8-10,14,18H,5-7H2,1-4H3. The van der Waals surface area contributed by atoms with E-state index in [1.54, 1.807) is 7.11 Å². The maximum atomic E-state index is 5.50. The van der Waals surface area contributed by atoms with E-state index in [9.17, 15) is 0 Å². The first-order valence-corrected chi connectivity index (χ1v) is 8.21. The van der Waals surface area contributed by atoms with Crippen LogP contribution in [0.5, 0.6) is 0 Å². The van der Waals surface area contributed by atoms with Gasteiger partial charge < -0.3 is 10.1 Å². The zero-order valence-electron chi connectivity index (χ0n) is 12.1. The zero-order chi connectivity index (χ0) is 14.5. The van der Waals surface area contributed by atoms with Crippen LogP contribution in [-0.2, 0) is 4.74 Å². The summed E-state index contributed by atoms with van der Waals surface area (Å²) in [5.74, 6) is 0. The maximum Gasteiger partial charge on any atom is 0.0623 e. The lowest BCUT2D eigenvalue weighted by atomic mass is 9.95. The van der Waals surface area contributed by atoms with Gasteiger partial charge in [0.25, 0.3) is 0 Å². The molecule has 0 aliphatic heterocycles. The fraction of sp³-hybridized carbons (Fsp3) is 0.600. The third-order valence-electron chi connectivity index (χ3n) is 3.33. The van der Waals surface area contributed by atoms with Gasteiger partial charge in [-0.3, -0.25) is 0 Å². The first-order chi connectivity index (χ1) is 8.88. The van der Waals surface area contributed by atoms with Crippen molar-refractivity contribution in [1.82, 2.24) is 5.32 Å². The maximum absolute atomic E-state index is 5.50. The molecule has 19 heavy (non-hydrogen) atoms. The van der Waals surface area contributed by atoms with Crippen LogP contribution in [0.25, 0.3) is 0 Å². The van der Waals surface area contributed by atoms with Crippen molar-refractivity contribution in [3.05, 3.63) is 32.7 Å². The van der Waals surface area contributed by atoms with Crippen molar-refractivity contribution >= 4 is 31.9 Å². The van der Waals surface area contributed by atoms with Crippen LogP contribution in [0.1, 0.15) is 45.2 Å². The molecular weight excluding hydrogens is 370 g/mol. The molecule has 1 unspecified atom stereocenters. The van der Waals surface area contributed by atoms with Crippen LogP contribution in [0.3, 0.4) is 0 Å². The average Bonchev–Trinajstić information content (AvgIpc) is 2.33. The van der Waals surface area contributed by atoms with Gasteiger partial charge >= 0.3 is 0 Å². The summed E-state index contributed by atoms with van der Waals surface area (Å²) in [5.41, 5.74) is 1.23. The highest BCUT2D eigenvalue weighted by Crippen LogP contribution is 2.29. The highest BCUT2D eigenvalue weighted by molar-refractivity contribution is 9.11. The molecule has 0 aliphatic rings. The van der Waals surface area contributed by atoms with Crippen molar-refractivity contribution in [2.45, 2.75) is 45.3 Å². The summed E-state index contributed by atoms with van der Waals surface area (Å²) in [6, 6.07) is 6.77. The molecule has 1 N–H and O–H groups in total. The predicted molar refractivity (Wildman–Crippen MR) is 88.6 cm³/mol. The molecule has 0 heterocycles. The van der Waals surface area contributed by atoms with Crippen molar-refractivity contribution in [2.24, 2.45) is 0 Å². The number of rotatable bonds is 7. The number of ether oxygens (including phenoxy) is 1. The Hall–Kier alpha value is 0.1000. The zero-order valence-corrected chi connectivity index (χ0v) is 15.3. The largest absolute Gasteiger partial charge is 0.379 e. The Morgan fingerprint density at radius 3 is 2.26 bits per heavy atom. The third kappa shape index (κ3) is 5.94. The van der Waals surface area contributed by atoms with Crippen LogP contribution in [0.4, 0.5) is 0 Å². The van der Waals surface area contributed by atoms with Crippen LogP contribution in [0.15, 0.2) is 27.1 Å². The van der Waals surface area contributed by atoms with Gasteiger partial charge in [0.15, 0.2) is 0 Å². The second kappa shape index (κ2) is 7.77. The molecule has 0 radical (unpaired) electrons. The fourth-order valence-corrected chi connectivity index (χ4v) is 3.33. The molecule has 1 rings (SSSR count). The van der Waals surface area contributed by atoms with Gasteiger partial charge in [-0.05, 0) is 57.0 Å². The number of methoxy groups -OCH3 is 1. The Morgan fingerprint density at radius 2 is 1.79 bits per heavy atom. The first-order valence-electron chi connectivity index (χ1n) is 6.62. The number of hydrogen-bond acceptors (Lipinski definition) is 2. The number of hydrogen-bond donors (Lipinski definition) is 1. The van der Waals surface area contributed by atoms with E-state index in [-0.39, 0.29) is 5.60 Å². The molecular formula is C15H23Br2NO. The second-order valence-corrected chi connectivity index (χ2v) is 7.15. The molecule has 2 nitrogen and oxygen atoms in total. The predicted octanol–water partition coefficient (Wildman–Crippen LogP) is 5.07. The molecule has 0 saturated heterocycles. The molecule has 1 aromatic carbocycles. The van der Waals surface area contributed by atoms with Gasteiger partial charge in [-0.1, -0.05) is 38.8 Å². The summed E-state index contributed by atoms with van der Waals surface area (Å²) in [5, 5.41) is 3.55. The fourth-order valence-electron chi connectivity index (χ4n) is 2.00. The number of benzene rings is 1. The Morgan fingerprint density at radius 1 is 1.21 bits per heavy atom. The minimum Gasteiger partial charge on any atom is -0.379 e. The molecule has 0 bridgehead atoms. The lowest BCUT2D eigenvalue weighted by Crippen LogP contribution is -2.27. The van der Waals surface area contributed by atoms with Gasteiger partial charge in [-0.15, -0.1) is 0 Å². The molecule has 0 aromatic heterocycles. The van der Waals surface area contributed by atoms with E-state index in [1.165, 1.54) is 5.56 Å². The summed E-state index contributed by atoms with van der Waals surface area (Å²) in [6.45, 7) is 7.36. The van der Waals surface area contributed by atoms with Gasteiger partial charge in [0.2, 0.25) is 0 Å². The van der Waals surface area contributed by atoms with E-state index < -0.39 is 0 Å². The van der Waals surface area contributed by atoms with Crippen LogP contribution >= 0.6 is 31.9 Å². The molecule has 4 heteroatoms. The Balaban J connectivity index is 2.82. The Kier molecular flexibility index (Phi) is 7.01. The van der Waals surface area contributed by atoms with Gasteiger partial charge in [0.1, 0.15) is 0 Å². The Bertz CT molecular complexity index is 387. The van der Waals surface area contributed by atoms with Gasteiger partial charge in [0, 0.05) is 22.1 Å². The summed E-state index contributed by atoms with van der Waals surface area (Å²) in [6.07, 6.45) is 2.07. The minimum absolute atomic E-state index is 0.0725. The summed E-state index contributed by atoms with van der Waals surface area (Å²) >= 11 is 7.11. The van der Waals surface area contributed by atoms with E-state index in [0.29, 0.717) is 6.04 Å². The van der Waals surface area contributed by atoms with E-state index in [4.69, 9.17) is 4.74 Å². The van der Waals surface area contributed by atoms with Gasteiger partial charge in [-0.2, -0.15) is 0 Å². The SMILES string of the molecule is CCNC(CCC(C)(C)OC)c1cc(Br)cc(Br)c1. The van der Waals surface area contributed by atoms with Gasteiger partial charge in [0.05, 0.1) is 5.60 Å². The molecule has 0 aliphatic carbocycles. The molecule has 1 aromatic rings. The van der Waals surface area contributed by atoms with Crippen LogP contribution in [-0.4, -0.2) is 19.3 Å². The third-order valence-corrected chi connectivity index (χ3v) is 4.24. The second-order valence-electron chi connectivity index (χ2n) is 5.32. The van der Waals surface area contributed by atoms with E-state index in [0.717, 1.165) is 28.3 Å². The van der Waals surface area contributed by atoms with E-state index in [2.05, 4.69) is 76.1 Å². The monoisotopic (exact) mass is 391 g/mol. The quantitative estimate of drug-likeness (QED) is 0.699. The topological polar surface area (TPSA) is 21.3 Å². The van der Waals surface area contributed by atoms with Crippen LogP contribution in [0, 0.1) is 0 Å². The molecule has 0 saturated carbocycles. The molecule has 0 amide bonds. The smallest absolute Gasteiger partial charge is 0.0623 e. The first kappa shape index (κ1) is 17.2. The summed E-state index contributed by atoms with van der Waals surface area (Å²) in [7, 11) is 1.78. The summed E-state index contributed by atoms with van der Waals surface area (Å²) in [4.78, 5) is 0. The van der Waals surface area contributed by atoms with Crippen molar-refractivity contribution in [3.8, 4) is 0 Å². The highest BCUT2D eigenvalue weighted by Gasteiger charge is 2.20. The number of nitrogens with one attached hydrogen (secondary N) is 1. The van der Waals surface area contributed by atoms with Crippen LogP contribution in [0.2, 0.25) is 0 Å². The lowest BCUT2D eigenvalue weighted by Gasteiger charge is -2.26. The molecule has 1 atom stereocenters. The average molecular weight is 393 g/mol.